The molecule has 0 aliphatic rings. The molecule has 0 fully saturated rings. The van der Waals surface area contributed by atoms with Crippen LogP contribution >= 0.6 is 0 Å². The number of nitrogens with zero attached hydrogens (tertiary/aromatic N) is 2. The molecule has 0 aliphatic heterocycles. The number of carbonyl (C=O) groups excluding carboxylic acids is 2. The van der Waals surface area contributed by atoms with Gasteiger partial charge in [0.15, 0.2) is 12.3 Å². The van der Waals surface area contributed by atoms with Crippen molar-refractivity contribution >= 4 is 11.9 Å². The van der Waals surface area contributed by atoms with E-state index < -0.39 is 18.5 Å². The Morgan fingerprint density at radius 1 is 0.926 bits per heavy atom. The molecule has 6 heteroatoms. The van der Waals surface area contributed by atoms with Crippen LogP contribution < -0.4 is 5.32 Å². The van der Waals surface area contributed by atoms with Crippen LogP contribution in [0.25, 0.3) is 0 Å². The van der Waals surface area contributed by atoms with E-state index in [1.54, 1.807) is 6.92 Å². The second kappa shape index (κ2) is 8.71. The van der Waals surface area contributed by atoms with Crippen LogP contribution in [0.15, 0.2) is 73.1 Å². The van der Waals surface area contributed by atoms with Crippen molar-refractivity contribution in [1.82, 2.24) is 15.3 Å². The average molecular weight is 361 g/mol. The molecule has 1 N–H and O–H groups in total. The van der Waals surface area contributed by atoms with Crippen LogP contribution in [-0.4, -0.2) is 28.5 Å². The smallest absolute Gasteiger partial charge is 0.359 e. The van der Waals surface area contributed by atoms with E-state index in [-0.39, 0.29) is 11.7 Å². The van der Waals surface area contributed by atoms with E-state index in [1.165, 1.54) is 12.4 Å². The molecule has 1 heterocycles. The van der Waals surface area contributed by atoms with Crippen molar-refractivity contribution in [3.05, 3.63) is 95.6 Å². The monoisotopic (exact) mass is 361 g/mol. The second-order valence-corrected chi connectivity index (χ2v) is 5.94. The summed E-state index contributed by atoms with van der Waals surface area (Å²) in [5.41, 5.74) is 2.63. The first-order valence-corrected chi connectivity index (χ1v) is 8.48. The first-order valence-electron chi connectivity index (χ1n) is 8.48. The normalized spacial score (nSPS) is 10.4. The molecular weight excluding hydrogens is 342 g/mol. The maximum absolute atomic E-state index is 12.4. The molecule has 136 valence electrons. The molecule has 2 aromatic carbocycles. The van der Waals surface area contributed by atoms with Crippen LogP contribution in [0.5, 0.6) is 0 Å². The molecule has 0 saturated carbocycles. The summed E-state index contributed by atoms with van der Waals surface area (Å²) < 4.78 is 5.05. The first-order chi connectivity index (χ1) is 13.1. The molecule has 6 nitrogen and oxygen atoms in total. The van der Waals surface area contributed by atoms with Crippen LogP contribution in [0.3, 0.4) is 0 Å². The third kappa shape index (κ3) is 4.98. The zero-order valence-corrected chi connectivity index (χ0v) is 14.8. The third-order valence-corrected chi connectivity index (χ3v) is 3.90. The molecular formula is C21H19N3O3. The molecule has 27 heavy (non-hydrogen) atoms. The lowest BCUT2D eigenvalue weighted by Crippen LogP contribution is -2.33. The number of carbonyl (C=O) groups is 2. The van der Waals surface area contributed by atoms with Gasteiger partial charge in [-0.25, -0.2) is 9.78 Å². The minimum absolute atomic E-state index is 0.0658. The quantitative estimate of drug-likeness (QED) is 0.683. The summed E-state index contributed by atoms with van der Waals surface area (Å²) in [6.07, 6.45) is 2.80. The van der Waals surface area contributed by atoms with Crippen LogP contribution in [0.1, 0.15) is 33.4 Å². The highest BCUT2D eigenvalue weighted by Crippen LogP contribution is 2.21. The van der Waals surface area contributed by atoms with Crippen molar-refractivity contribution in [1.29, 1.82) is 0 Å². The number of ether oxygens (including phenoxy) is 1. The Labute approximate surface area is 157 Å². The summed E-state index contributed by atoms with van der Waals surface area (Å²) in [5, 5.41) is 2.91. The van der Waals surface area contributed by atoms with Gasteiger partial charge in [-0.05, 0) is 18.1 Å². The Morgan fingerprint density at radius 2 is 1.52 bits per heavy atom. The van der Waals surface area contributed by atoms with Gasteiger partial charge >= 0.3 is 5.97 Å². The topological polar surface area (TPSA) is 81.2 Å². The minimum Gasteiger partial charge on any atom is -0.451 e. The van der Waals surface area contributed by atoms with Crippen LogP contribution in [-0.2, 0) is 9.53 Å². The zero-order valence-electron chi connectivity index (χ0n) is 14.8. The van der Waals surface area contributed by atoms with Crippen LogP contribution in [0.4, 0.5) is 0 Å². The van der Waals surface area contributed by atoms with Crippen molar-refractivity contribution in [3.63, 3.8) is 0 Å². The third-order valence-electron chi connectivity index (χ3n) is 3.90. The molecule has 3 rings (SSSR count). The van der Waals surface area contributed by atoms with Crippen molar-refractivity contribution in [3.8, 4) is 0 Å². The lowest BCUT2D eigenvalue weighted by molar-refractivity contribution is -0.124. The van der Waals surface area contributed by atoms with Gasteiger partial charge in [0.1, 0.15) is 0 Å². The highest BCUT2D eigenvalue weighted by atomic mass is 16.5. The molecule has 0 bridgehead atoms. The van der Waals surface area contributed by atoms with Gasteiger partial charge in [0.05, 0.1) is 17.9 Å². The lowest BCUT2D eigenvalue weighted by atomic mass is 9.99. The average Bonchev–Trinajstić information content (AvgIpc) is 2.72. The Balaban J connectivity index is 1.66. The Hall–Kier alpha value is -3.54. The molecule has 3 aromatic rings. The number of aromatic nitrogens is 2. The summed E-state index contributed by atoms with van der Waals surface area (Å²) in [4.78, 5) is 32.3. The molecule has 0 aliphatic carbocycles. The van der Waals surface area contributed by atoms with Crippen molar-refractivity contribution in [2.75, 3.05) is 6.61 Å². The highest BCUT2D eigenvalue weighted by Gasteiger charge is 2.18. The van der Waals surface area contributed by atoms with Crippen LogP contribution in [0, 0.1) is 6.92 Å². The fourth-order valence-corrected chi connectivity index (χ4v) is 2.56. The molecule has 0 spiro atoms. The maximum atomic E-state index is 12.4. The number of hydrogen-bond acceptors (Lipinski definition) is 5. The standard InChI is InChI=1S/C21H19N3O3/c1-15-12-23-18(13-22-15)21(26)27-14-19(25)24-20(16-8-4-2-5-9-16)17-10-6-3-7-11-17/h2-13,20H,14H2,1H3,(H,24,25). The molecule has 0 radical (unpaired) electrons. The highest BCUT2D eigenvalue weighted by molar-refractivity contribution is 5.89. The van der Waals surface area contributed by atoms with E-state index in [0.717, 1.165) is 11.1 Å². The second-order valence-electron chi connectivity index (χ2n) is 5.94. The molecule has 0 unspecified atom stereocenters. The molecule has 0 atom stereocenters. The predicted octanol–water partition coefficient (Wildman–Crippen LogP) is 2.85. The van der Waals surface area contributed by atoms with E-state index in [1.807, 2.05) is 60.7 Å². The van der Waals surface area contributed by atoms with Gasteiger partial charge < -0.3 is 10.1 Å². The summed E-state index contributed by atoms with van der Waals surface area (Å²) in [6.45, 7) is 1.37. The number of benzene rings is 2. The number of amides is 1. The van der Waals surface area contributed by atoms with Gasteiger partial charge in [-0.3, -0.25) is 9.78 Å². The van der Waals surface area contributed by atoms with E-state index in [0.29, 0.717) is 5.69 Å². The van der Waals surface area contributed by atoms with Crippen molar-refractivity contribution in [2.45, 2.75) is 13.0 Å². The minimum atomic E-state index is -0.686. The molecule has 1 amide bonds. The van der Waals surface area contributed by atoms with E-state index in [4.69, 9.17) is 4.74 Å². The van der Waals surface area contributed by atoms with Crippen LogP contribution in [0.2, 0.25) is 0 Å². The maximum Gasteiger partial charge on any atom is 0.359 e. The Morgan fingerprint density at radius 3 is 2.04 bits per heavy atom. The summed E-state index contributed by atoms with van der Waals surface area (Å²) in [6, 6.07) is 18.9. The number of nitrogens with one attached hydrogen (secondary N) is 1. The van der Waals surface area contributed by atoms with Gasteiger partial charge in [-0.1, -0.05) is 60.7 Å². The number of rotatable bonds is 6. The summed E-state index contributed by atoms with van der Waals surface area (Å²) in [5.74, 6) is -1.09. The summed E-state index contributed by atoms with van der Waals surface area (Å²) in [7, 11) is 0. The number of aryl methyl sites for hydroxylation is 1. The van der Waals surface area contributed by atoms with Gasteiger partial charge in [-0.15, -0.1) is 0 Å². The van der Waals surface area contributed by atoms with Crippen molar-refractivity contribution in [2.24, 2.45) is 0 Å². The van der Waals surface area contributed by atoms with Gasteiger partial charge in [0, 0.05) is 6.20 Å². The van der Waals surface area contributed by atoms with Crippen molar-refractivity contribution < 1.29 is 14.3 Å². The largest absolute Gasteiger partial charge is 0.451 e. The first kappa shape index (κ1) is 18.3. The van der Waals surface area contributed by atoms with E-state index in [9.17, 15) is 9.59 Å². The molecule has 0 saturated heterocycles. The van der Waals surface area contributed by atoms with E-state index >= 15 is 0 Å². The summed E-state index contributed by atoms with van der Waals surface area (Å²) >= 11 is 0. The Bertz CT molecular complexity index is 857. The number of hydrogen-bond donors (Lipinski definition) is 1. The Kier molecular flexibility index (Phi) is 5.89. The number of esters is 1. The molecule has 1 aromatic heterocycles. The SMILES string of the molecule is Cc1cnc(C(=O)OCC(=O)NC(c2ccccc2)c2ccccc2)cn1. The van der Waals surface area contributed by atoms with Gasteiger partial charge in [-0.2, -0.15) is 0 Å². The van der Waals surface area contributed by atoms with E-state index in [2.05, 4.69) is 15.3 Å². The fourth-order valence-electron chi connectivity index (χ4n) is 2.56. The zero-order chi connectivity index (χ0) is 19.1. The van der Waals surface area contributed by atoms with Gasteiger partial charge in [0.25, 0.3) is 5.91 Å². The fraction of sp³-hybridized carbons (Fsp3) is 0.143. The lowest BCUT2D eigenvalue weighted by Gasteiger charge is -2.19. The van der Waals surface area contributed by atoms with Gasteiger partial charge in [0.2, 0.25) is 0 Å². The predicted molar refractivity (Wildman–Crippen MR) is 99.9 cm³/mol.